The van der Waals surface area contributed by atoms with E-state index in [4.69, 9.17) is 21.6 Å². The van der Waals surface area contributed by atoms with Gasteiger partial charge in [-0.1, -0.05) is 11.6 Å². The predicted molar refractivity (Wildman–Crippen MR) is 74.3 cm³/mol. The number of hydrogen-bond acceptors (Lipinski definition) is 6. The van der Waals surface area contributed by atoms with E-state index in [1.165, 1.54) is 13.2 Å². The van der Waals surface area contributed by atoms with Crippen molar-refractivity contribution in [2.75, 3.05) is 7.11 Å². The Labute approximate surface area is 125 Å². The monoisotopic (exact) mass is 303 g/mol. The fraction of sp³-hybridized carbons (Fsp3) is 0.143. The third-order valence-corrected chi connectivity index (χ3v) is 2.83. The van der Waals surface area contributed by atoms with Crippen molar-refractivity contribution in [3.8, 4) is 17.7 Å². The number of methoxy groups -OCH3 is 1. The predicted octanol–water partition coefficient (Wildman–Crippen LogP) is 2.89. The standard InChI is InChI=1S/C14H10ClN3O3/c1-8-5-9(7-16)3-4-11(8)21-13-10(14(19)20-2)6-12(15)17-18-13/h3-6H,1-2H3. The van der Waals surface area contributed by atoms with Crippen LogP contribution >= 0.6 is 11.6 Å². The maximum absolute atomic E-state index is 11.7. The molecule has 0 radical (unpaired) electrons. The van der Waals surface area contributed by atoms with E-state index in [0.717, 1.165) is 5.56 Å². The lowest BCUT2D eigenvalue weighted by atomic mass is 10.1. The molecule has 0 N–H and O–H groups in total. The average Bonchev–Trinajstić information content (AvgIpc) is 2.49. The second kappa shape index (κ2) is 6.20. The van der Waals surface area contributed by atoms with Gasteiger partial charge in [0.25, 0.3) is 5.88 Å². The van der Waals surface area contributed by atoms with Gasteiger partial charge in [-0.3, -0.25) is 0 Å². The summed E-state index contributed by atoms with van der Waals surface area (Å²) in [5, 5.41) is 16.3. The van der Waals surface area contributed by atoms with Crippen molar-refractivity contribution in [3.05, 3.63) is 46.1 Å². The summed E-state index contributed by atoms with van der Waals surface area (Å²) in [6.45, 7) is 1.78. The molecule has 0 fully saturated rings. The van der Waals surface area contributed by atoms with Crippen molar-refractivity contribution in [2.24, 2.45) is 0 Å². The van der Waals surface area contributed by atoms with Crippen LogP contribution in [0.1, 0.15) is 21.5 Å². The number of hydrogen-bond donors (Lipinski definition) is 0. The zero-order valence-corrected chi connectivity index (χ0v) is 12.0. The molecule has 0 aliphatic rings. The summed E-state index contributed by atoms with van der Waals surface area (Å²) in [4.78, 5) is 11.7. The average molecular weight is 304 g/mol. The number of carbonyl (C=O) groups excluding carboxylic acids is 1. The Morgan fingerprint density at radius 2 is 2.10 bits per heavy atom. The smallest absolute Gasteiger partial charge is 0.343 e. The summed E-state index contributed by atoms with van der Waals surface area (Å²) >= 11 is 5.72. The zero-order valence-electron chi connectivity index (χ0n) is 11.3. The van der Waals surface area contributed by atoms with E-state index in [0.29, 0.717) is 11.3 Å². The van der Waals surface area contributed by atoms with Crippen LogP contribution < -0.4 is 4.74 Å². The maximum Gasteiger partial charge on any atom is 0.343 e. The maximum atomic E-state index is 11.7. The molecule has 7 heteroatoms. The molecule has 2 rings (SSSR count). The van der Waals surface area contributed by atoms with E-state index in [1.807, 2.05) is 6.07 Å². The number of esters is 1. The Morgan fingerprint density at radius 3 is 2.71 bits per heavy atom. The molecular formula is C14H10ClN3O3. The second-order valence-electron chi connectivity index (χ2n) is 4.07. The first-order chi connectivity index (χ1) is 10.0. The molecule has 0 bridgehead atoms. The van der Waals surface area contributed by atoms with Crippen LogP contribution in [0.25, 0.3) is 0 Å². The van der Waals surface area contributed by atoms with Crippen LogP contribution in [0.4, 0.5) is 0 Å². The molecule has 106 valence electrons. The highest BCUT2D eigenvalue weighted by molar-refractivity contribution is 6.29. The Hall–Kier alpha value is -2.65. The summed E-state index contributed by atoms with van der Waals surface area (Å²) in [7, 11) is 1.24. The Balaban J connectivity index is 2.40. The van der Waals surface area contributed by atoms with Gasteiger partial charge in [-0.2, -0.15) is 5.26 Å². The van der Waals surface area contributed by atoms with Crippen LogP contribution in [0.3, 0.4) is 0 Å². The molecule has 2 aromatic rings. The van der Waals surface area contributed by atoms with E-state index in [-0.39, 0.29) is 16.6 Å². The molecule has 1 aromatic carbocycles. The molecule has 0 saturated heterocycles. The van der Waals surface area contributed by atoms with Crippen LogP contribution in [-0.2, 0) is 4.74 Å². The minimum absolute atomic E-state index is 0.0148. The van der Waals surface area contributed by atoms with E-state index in [1.54, 1.807) is 25.1 Å². The first-order valence-corrected chi connectivity index (χ1v) is 6.23. The number of carbonyl (C=O) groups is 1. The van der Waals surface area contributed by atoms with E-state index < -0.39 is 5.97 Å². The molecule has 0 atom stereocenters. The highest BCUT2D eigenvalue weighted by atomic mass is 35.5. The molecule has 21 heavy (non-hydrogen) atoms. The molecule has 6 nitrogen and oxygen atoms in total. The van der Waals surface area contributed by atoms with Crippen LogP contribution in [0.15, 0.2) is 24.3 Å². The molecule has 0 saturated carbocycles. The minimum Gasteiger partial charge on any atom is -0.465 e. The largest absolute Gasteiger partial charge is 0.465 e. The number of rotatable bonds is 3. The van der Waals surface area contributed by atoms with Crippen molar-refractivity contribution in [3.63, 3.8) is 0 Å². The number of aromatic nitrogens is 2. The Kier molecular flexibility index (Phi) is 4.36. The quantitative estimate of drug-likeness (QED) is 0.810. The SMILES string of the molecule is COC(=O)c1cc(Cl)nnc1Oc1ccc(C#N)cc1C. The van der Waals surface area contributed by atoms with Gasteiger partial charge >= 0.3 is 5.97 Å². The third kappa shape index (κ3) is 3.27. The molecule has 1 heterocycles. The van der Waals surface area contributed by atoms with Crippen LogP contribution in [0.2, 0.25) is 5.15 Å². The summed E-state index contributed by atoms with van der Waals surface area (Å²) in [5.41, 5.74) is 1.30. The van der Waals surface area contributed by atoms with E-state index in [2.05, 4.69) is 14.9 Å². The Bertz CT molecular complexity index is 741. The summed E-state index contributed by atoms with van der Waals surface area (Å²) in [6, 6.07) is 8.22. The normalized spacial score (nSPS) is 9.81. The summed E-state index contributed by atoms with van der Waals surface area (Å²) in [6.07, 6.45) is 0. The van der Waals surface area contributed by atoms with Gasteiger partial charge in [0.15, 0.2) is 5.15 Å². The summed E-state index contributed by atoms with van der Waals surface area (Å²) in [5.74, 6) is -0.192. The van der Waals surface area contributed by atoms with Gasteiger partial charge in [0.2, 0.25) is 0 Å². The first kappa shape index (κ1) is 14.8. The van der Waals surface area contributed by atoms with Crippen LogP contribution in [0, 0.1) is 18.3 Å². The minimum atomic E-state index is -0.631. The second-order valence-corrected chi connectivity index (χ2v) is 4.46. The molecule has 1 aromatic heterocycles. The van der Waals surface area contributed by atoms with Gasteiger partial charge in [0, 0.05) is 0 Å². The van der Waals surface area contributed by atoms with Crippen molar-refractivity contribution < 1.29 is 14.3 Å². The van der Waals surface area contributed by atoms with Crippen LogP contribution in [0.5, 0.6) is 11.6 Å². The van der Waals surface area contributed by atoms with Crippen molar-refractivity contribution in [1.82, 2.24) is 10.2 Å². The zero-order chi connectivity index (χ0) is 15.4. The third-order valence-electron chi connectivity index (χ3n) is 2.65. The van der Waals surface area contributed by atoms with Gasteiger partial charge in [-0.15, -0.1) is 10.2 Å². The van der Waals surface area contributed by atoms with Crippen molar-refractivity contribution in [2.45, 2.75) is 6.92 Å². The van der Waals surface area contributed by atoms with Gasteiger partial charge in [-0.05, 0) is 36.8 Å². The number of aryl methyl sites for hydroxylation is 1. The fourth-order valence-corrected chi connectivity index (χ4v) is 1.77. The molecular weight excluding hydrogens is 294 g/mol. The van der Waals surface area contributed by atoms with Gasteiger partial charge in [-0.25, -0.2) is 4.79 Å². The van der Waals surface area contributed by atoms with Gasteiger partial charge < -0.3 is 9.47 Å². The lowest BCUT2D eigenvalue weighted by Gasteiger charge is -2.10. The number of nitrogens with zero attached hydrogens (tertiary/aromatic N) is 3. The number of halogens is 1. The highest BCUT2D eigenvalue weighted by Gasteiger charge is 2.18. The topological polar surface area (TPSA) is 85.1 Å². The molecule has 0 unspecified atom stereocenters. The number of benzene rings is 1. The van der Waals surface area contributed by atoms with Gasteiger partial charge in [0.05, 0.1) is 18.7 Å². The summed E-state index contributed by atoms with van der Waals surface area (Å²) < 4.78 is 10.2. The molecule has 0 aliphatic heterocycles. The lowest BCUT2D eigenvalue weighted by Crippen LogP contribution is -2.06. The van der Waals surface area contributed by atoms with Crippen molar-refractivity contribution >= 4 is 17.6 Å². The Morgan fingerprint density at radius 1 is 1.33 bits per heavy atom. The molecule has 0 spiro atoms. The molecule has 0 aliphatic carbocycles. The number of nitriles is 1. The lowest BCUT2D eigenvalue weighted by molar-refractivity contribution is 0.0596. The van der Waals surface area contributed by atoms with E-state index in [9.17, 15) is 4.79 Å². The number of ether oxygens (including phenoxy) is 2. The van der Waals surface area contributed by atoms with Crippen LogP contribution in [-0.4, -0.2) is 23.3 Å². The van der Waals surface area contributed by atoms with Crippen molar-refractivity contribution in [1.29, 1.82) is 5.26 Å². The van der Waals surface area contributed by atoms with E-state index >= 15 is 0 Å². The first-order valence-electron chi connectivity index (χ1n) is 5.85. The fourth-order valence-electron chi connectivity index (χ4n) is 1.63. The highest BCUT2D eigenvalue weighted by Crippen LogP contribution is 2.27. The molecule has 0 amide bonds. The van der Waals surface area contributed by atoms with Gasteiger partial charge in [0.1, 0.15) is 11.3 Å².